The minimum Gasteiger partial charge on any atom is -0.394 e. The zero-order chi connectivity index (χ0) is 22.4. The van der Waals surface area contributed by atoms with Crippen LogP contribution in [0.5, 0.6) is 0 Å². The van der Waals surface area contributed by atoms with Gasteiger partial charge in [-0.15, -0.1) is 0 Å². The van der Waals surface area contributed by atoms with Gasteiger partial charge in [0.15, 0.2) is 0 Å². The normalized spacial score (nSPS) is 21.6. The maximum Gasteiger partial charge on any atom is 0.254 e. The number of benzene rings is 2. The number of sulfonamides is 1. The summed E-state index contributed by atoms with van der Waals surface area (Å²) in [6.45, 7) is -0.156. The number of carbonyl (C=O) groups is 1. The SMILES string of the molecule is O=C(NCC[C@@H]1CC[C@H](NS(=O)(=O)c2ccc(F)cc2)[C@@H](CO)O1)c1ccccc1F. The number of aliphatic hydroxyl groups excluding tert-OH is 1. The number of halogens is 2. The van der Waals surface area contributed by atoms with E-state index in [2.05, 4.69) is 10.0 Å². The van der Waals surface area contributed by atoms with Crippen molar-refractivity contribution < 1.29 is 31.8 Å². The summed E-state index contributed by atoms with van der Waals surface area (Å²) >= 11 is 0. The summed E-state index contributed by atoms with van der Waals surface area (Å²) in [4.78, 5) is 12.0. The van der Waals surface area contributed by atoms with Crippen molar-refractivity contribution in [2.75, 3.05) is 13.2 Å². The third-order valence-corrected chi connectivity index (χ3v) is 6.60. The van der Waals surface area contributed by atoms with Gasteiger partial charge >= 0.3 is 0 Å². The Morgan fingerprint density at radius 3 is 2.48 bits per heavy atom. The van der Waals surface area contributed by atoms with Crippen LogP contribution in [-0.4, -0.2) is 50.8 Å². The van der Waals surface area contributed by atoms with Crippen molar-refractivity contribution >= 4 is 15.9 Å². The minimum absolute atomic E-state index is 0.0458. The molecule has 168 valence electrons. The van der Waals surface area contributed by atoms with Crippen LogP contribution in [0, 0.1) is 11.6 Å². The van der Waals surface area contributed by atoms with Crippen molar-refractivity contribution in [1.29, 1.82) is 0 Å². The van der Waals surface area contributed by atoms with Crippen LogP contribution >= 0.6 is 0 Å². The summed E-state index contributed by atoms with van der Waals surface area (Å²) in [6.07, 6.45) is 0.273. The minimum atomic E-state index is -3.90. The highest BCUT2D eigenvalue weighted by Crippen LogP contribution is 2.23. The molecule has 0 bridgehead atoms. The first-order chi connectivity index (χ1) is 14.8. The van der Waals surface area contributed by atoms with Crippen LogP contribution in [0.3, 0.4) is 0 Å². The highest BCUT2D eigenvalue weighted by atomic mass is 32.2. The quantitative estimate of drug-likeness (QED) is 0.566. The molecule has 0 radical (unpaired) electrons. The van der Waals surface area contributed by atoms with E-state index in [4.69, 9.17) is 4.74 Å². The van der Waals surface area contributed by atoms with E-state index in [9.17, 15) is 27.1 Å². The van der Waals surface area contributed by atoms with Crippen LogP contribution in [0.2, 0.25) is 0 Å². The Bertz CT molecular complexity index is 1000. The molecule has 3 N–H and O–H groups in total. The summed E-state index contributed by atoms with van der Waals surface area (Å²) < 4.78 is 60.0. The Morgan fingerprint density at radius 1 is 1.10 bits per heavy atom. The molecule has 3 rings (SSSR count). The highest BCUT2D eigenvalue weighted by Gasteiger charge is 2.33. The summed E-state index contributed by atoms with van der Waals surface area (Å²) in [7, 11) is -3.90. The molecule has 1 fully saturated rings. The number of amides is 1. The Balaban J connectivity index is 1.51. The van der Waals surface area contributed by atoms with Gasteiger partial charge in [0.2, 0.25) is 10.0 Å². The van der Waals surface area contributed by atoms with E-state index in [0.717, 1.165) is 24.3 Å². The lowest BCUT2D eigenvalue weighted by molar-refractivity contribution is -0.0871. The van der Waals surface area contributed by atoms with E-state index in [1.54, 1.807) is 6.07 Å². The van der Waals surface area contributed by atoms with Gasteiger partial charge in [-0.25, -0.2) is 21.9 Å². The first-order valence-electron chi connectivity index (χ1n) is 9.87. The largest absolute Gasteiger partial charge is 0.394 e. The molecule has 0 saturated carbocycles. The molecule has 0 aliphatic carbocycles. The molecule has 1 aliphatic heterocycles. The number of rotatable bonds is 8. The summed E-state index contributed by atoms with van der Waals surface area (Å²) in [6, 6.07) is 9.46. The smallest absolute Gasteiger partial charge is 0.254 e. The summed E-state index contributed by atoms with van der Waals surface area (Å²) in [5, 5.41) is 12.3. The van der Waals surface area contributed by atoms with Crippen molar-refractivity contribution in [3.63, 3.8) is 0 Å². The lowest BCUT2D eigenvalue weighted by Crippen LogP contribution is -2.51. The number of ether oxygens (including phenoxy) is 1. The predicted octanol–water partition coefficient (Wildman–Crippen LogP) is 1.97. The number of carbonyl (C=O) groups excluding carboxylic acids is 1. The van der Waals surface area contributed by atoms with E-state index in [0.29, 0.717) is 19.3 Å². The average Bonchev–Trinajstić information content (AvgIpc) is 2.75. The molecule has 0 spiro atoms. The number of aliphatic hydroxyl groups is 1. The fraction of sp³-hybridized carbons (Fsp3) is 0.381. The summed E-state index contributed by atoms with van der Waals surface area (Å²) in [5.74, 6) is -1.68. The molecule has 7 nitrogen and oxygen atoms in total. The van der Waals surface area contributed by atoms with Crippen molar-refractivity contribution in [3.8, 4) is 0 Å². The maximum atomic E-state index is 13.7. The second-order valence-electron chi connectivity index (χ2n) is 7.26. The number of hydrogen-bond acceptors (Lipinski definition) is 5. The first kappa shape index (κ1) is 23.3. The van der Waals surface area contributed by atoms with Gasteiger partial charge in [-0.1, -0.05) is 12.1 Å². The maximum absolute atomic E-state index is 13.7. The molecule has 0 unspecified atom stereocenters. The highest BCUT2D eigenvalue weighted by molar-refractivity contribution is 7.89. The third-order valence-electron chi connectivity index (χ3n) is 5.10. The molecule has 31 heavy (non-hydrogen) atoms. The lowest BCUT2D eigenvalue weighted by Gasteiger charge is -2.36. The molecule has 1 aliphatic rings. The van der Waals surface area contributed by atoms with Crippen LogP contribution in [0.25, 0.3) is 0 Å². The van der Waals surface area contributed by atoms with Gasteiger partial charge < -0.3 is 15.2 Å². The molecule has 1 saturated heterocycles. The third kappa shape index (κ3) is 6.07. The Kier molecular flexibility index (Phi) is 7.71. The van der Waals surface area contributed by atoms with Crippen LogP contribution in [0.15, 0.2) is 53.4 Å². The zero-order valence-electron chi connectivity index (χ0n) is 16.6. The van der Waals surface area contributed by atoms with E-state index >= 15 is 0 Å². The van der Waals surface area contributed by atoms with Crippen molar-refractivity contribution in [2.24, 2.45) is 0 Å². The molecule has 10 heteroatoms. The van der Waals surface area contributed by atoms with Crippen molar-refractivity contribution in [3.05, 3.63) is 65.7 Å². The standard InChI is InChI=1S/C21H24F2N2O5S/c22-14-5-8-16(9-6-14)31(28,29)25-19-10-7-15(30-20(19)13-26)11-12-24-21(27)17-3-1-2-4-18(17)23/h1-6,8-9,15,19-20,25-26H,7,10-13H2,(H,24,27)/t15-,19-,20+/m0/s1. The average molecular weight is 454 g/mol. The zero-order valence-corrected chi connectivity index (χ0v) is 17.4. The Hall–Kier alpha value is -2.40. The molecular formula is C21H24F2N2O5S. The molecule has 2 aromatic carbocycles. The molecule has 2 aromatic rings. The van der Waals surface area contributed by atoms with Gasteiger partial charge in [0.25, 0.3) is 5.91 Å². The van der Waals surface area contributed by atoms with Crippen LogP contribution in [-0.2, 0) is 14.8 Å². The van der Waals surface area contributed by atoms with Crippen molar-refractivity contribution in [2.45, 2.75) is 42.4 Å². The molecule has 1 amide bonds. The van der Waals surface area contributed by atoms with Gasteiger partial charge in [-0.3, -0.25) is 4.79 Å². The molecule has 0 aromatic heterocycles. The second-order valence-corrected chi connectivity index (χ2v) is 8.98. The fourth-order valence-electron chi connectivity index (χ4n) is 3.45. The van der Waals surface area contributed by atoms with Gasteiger partial charge in [0.1, 0.15) is 11.6 Å². The lowest BCUT2D eigenvalue weighted by atomic mass is 9.98. The summed E-state index contributed by atoms with van der Waals surface area (Å²) in [5.41, 5.74) is -0.0458. The molecule has 3 atom stereocenters. The Morgan fingerprint density at radius 2 is 1.81 bits per heavy atom. The number of nitrogens with one attached hydrogen (secondary N) is 2. The number of hydrogen-bond donors (Lipinski definition) is 3. The monoisotopic (exact) mass is 454 g/mol. The van der Waals surface area contributed by atoms with Gasteiger partial charge in [0, 0.05) is 6.54 Å². The van der Waals surface area contributed by atoms with E-state index in [1.165, 1.54) is 18.2 Å². The molecule has 1 heterocycles. The fourth-order valence-corrected chi connectivity index (χ4v) is 4.75. The topological polar surface area (TPSA) is 105 Å². The van der Waals surface area contributed by atoms with Crippen molar-refractivity contribution in [1.82, 2.24) is 10.0 Å². The van der Waals surface area contributed by atoms with Gasteiger partial charge in [-0.05, 0) is 55.7 Å². The predicted molar refractivity (Wildman–Crippen MR) is 109 cm³/mol. The second kappa shape index (κ2) is 10.3. The van der Waals surface area contributed by atoms with Crippen LogP contribution in [0.4, 0.5) is 8.78 Å². The van der Waals surface area contributed by atoms with E-state index in [-0.39, 0.29) is 23.1 Å². The van der Waals surface area contributed by atoms with Gasteiger partial charge in [0.05, 0.1) is 35.3 Å². The van der Waals surface area contributed by atoms with Crippen LogP contribution < -0.4 is 10.0 Å². The first-order valence-corrected chi connectivity index (χ1v) is 11.4. The molecular weight excluding hydrogens is 430 g/mol. The Labute approximate surface area is 179 Å². The van der Waals surface area contributed by atoms with E-state index in [1.807, 2.05) is 0 Å². The van der Waals surface area contributed by atoms with Crippen LogP contribution in [0.1, 0.15) is 29.6 Å². The van der Waals surface area contributed by atoms with E-state index < -0.39 is 46.3 Å². The van der Waals surface area contributed by atoms with Gasteiger partial charge in [-0.2, -0.15) is 0 Å².